The van der Waals surface area contributed by atoms with Gasteiger partial charge >= 0.3 is 0 Å². The van der Waals surface area contributed by atoms with Crippen LogP contribution in [-0.2, 0) is 6.42 Å². The number of para-hydroxylation sites is 1. The molecule has 1 unspecified atom stereocenters. The largest absolute Gasteiger partial charge is 0.496 e. The van der Waals surface area contributed by atoms with Gasteiger partial charge in [-0.15, -0.1) is 0 Å². The Kier molecular flexibility index (Phi) is 12.4. The number of fused-ring (bicyclic) bond motifs is 1. The van der Waals surface area contributed by atoms with Crippen LogP contribution < -0.4 is 10.2 Å². The van der Waals surface area contributed by atoms with Crippen LogP contribution in [-0.4, -0.2) is 29.3 Å². The number of aryl methyl sites for hydroxylation is 3. The van der Waals surface area contributed by atoms with Crippen molar-refractivity contribution in [2.24, 2.45) is 10.2 Å². The molecule has 2 aliphatic heterocycles. The molecule has 4 rings (SSSR count). The Bertz CT molecular complexity index is 851. The molecule has 2 aromatic carbocycles. The maximum atomic E-state index is 5.36. The van der Waals surface area contributed by atoms with Gasteiger partial charge in [-0.3, -0.25) is 5.43 Å². The number of methoxy groups -OCH3 is 1. The summed E-state index contributed by atoms with van der Waals surface area (Å²) in [5, 5.41) is 11.4. The van der Waals surface area contributed by atoms with Crippen molar-refractivity contribution in [3.05, 3.63) is 64.7 Å². The van der Waals surface area contributed by atoms with Crippen LogP contribution in [0.5, 0.6) is 5.75 Å². The third-order valence-corrected chi connectivity index (χ3v) is 5.38. The maximum Gasteiger partial charge on any atom is 0.206 e. The van der Waals surface area contributed by atoms with E-state index in [9.17, 15) is 0 Å². The summed E-state index contributed by atoms with van der Waals surface area (Å²) in [6.07, 6.45) is 2.95. The van der Waals surface area contributed by atoms with E-state index < -0.39 is 0 Å². The quantitative estimate of drug-likeness (QED) is 0.588. The molecule has 31 heavy (non-hydrogen) atoms. The van der Waals surface area contributed by atoms with Gasteiger partial charge in [-0.05, 0) is 37.5 Å². The van der Waals surface area contributed by atoms with E-state index in [0.29, 0.717) is 0 Å². The fourth-order valence-electron chi connectivity index (χ4n) is 3.12. The summed E-state index contributed by atoms with van der Waals surface area (Å²) in [5.74, 6) is 1.71. The minimum atomic E-state index is -0.0785. The zero-order chi connectivity index (χ0) is 23.2. The van der Waals surface area contributed by atoms with Crippen LogP contribution in [0.2, 0.25) is 0 Å². The normalized spacial score (nSPS) is 15.5. The van der Waals surface area contributed by atoms with E-state index in [1.165, 1.54) is 16.7 Å². The second-order valence-corrected chi connectivity index (χ2v) is 7.39. The number of thioether (sulfide) groups is 1. The van der Waals surface area contributed by atoms with Crippen LogP contribution in [0.4, 0.5) is 0 Å². The van der Waals surface area contributed by atoms with Crippen LogP contribution in [0.15, 0.2) is 52.7 Å². The summed E-state index contributed by atoms with van der Waals surface area (Å²) >= 11 is 1.67. The molecule has 0 radical (unpaired) electrons. The summed E-state index contributed by atoms with van der Waals surface area (Å²) < 4.78 is 5.36. The van der Waals surface area contributed by atoms with Crippen molar-refractivity contribution < 1.29 is 4.74 Å². The fraction of sp³-hybridized carbons (Fsp3) is 0.440. The Morgan fingerprint density at radius 2 is 1.81 bits per heavy atom. The average molecular weight is 443 g/mol. The van der Waals surface area contributed by atoms with Crippen molar-refractivity contribution in [1.29, 1.82) is 0 Å². The Balaban J connectivity index is 0.000000295. The predicted octanol–water partition coefficient (Wildman–Crippen LogP) is 6.52. The lowest BCUT2D eigenvalue weighted by Crippen LogP contribution is -2.30. The third kappa shape index (κ3) is 7.31. The zero-order valence-electron chi connectivity index (χ0n) is 20.3. The number of hydrogen-bond acceptors (Lipinski definition) is 6. The Hall–Kier alpha value is -2.47. The Labute approximate surface area is 193 Å². The molecule has 1 atom stereocenters. The van der Waals surface area contributed by atoms with Gasteiger partial charge in [0.05, 0.1) is 7.11 Å². The highest BCUT2D eigenvalue weighted by Crippen LogP contribution is 2.33. The molecule has 0 bridgehead atoms. The van der Waals surface area contributed by atoms with Crippen LogP contribution in [0, 0.1) is 13.8 Å². The molecule has 0 amide bonds. The summed E-state index contributed by atoms with van der Waals surface area (Å²) in [7, 11) is 1.67. The second-order valence-electron chi connectivity index (χ2n) is 6.41. The van der Waals surface area contributed by atoms with Gasteiger partial charge in [0.2, 0.25) is 5.17 Å². The molecule has 6 heteroatoms. The Morgan fingerprint density at radius 1 is 1.10 bits per heavy atom. The van der Waals surface area contributed by atoms with Crippen molar-refractivity contribution in [1.82, 2.24) is 10.4 Å². The molecule has 0 fully saturated rings. The maximum absolute atomic E-state index is 5.36. The van der Waals surface area contributed by atoms with E-state index in [1.807, 2.05) is 63.2 Å². The molecule has 1 N–H and O–H groups in total. The van der Waals surface area contributed by atoms with Gasteiger partial charge in [0, 0.05) is 17.5 Å². The summed E-state index contributed by atoms with van der Waals surface area (Å²) in [6, 6.07) is 14.5. The minimum Gasteiger partial charge on any atom is -0.496 e. The number of ether oxygens (including phenoxy) is 1. The molecule has 170 valence electrons. The van der Waals surface area contributed by atoms with E-state index in [-0.39, 0.29) is 6.17 Å². The van der Waals surface area contributed by atoms with Crippen molar-refractivity contribution in [3.8, 4) is 5.75 Å². The first-order chi connectivity index (χ1) is 15.1. The van der Waals surface area contributed by atoms with Gasteiger partial charge in [-0.2, -0.15) is 10.2 Å². The molecule has 0 spiro atoms. The smallest absolute Gasteiger partial charge is 0.206 e. The number of nitrogens with zero attached hydrogens (tertiary/aromatic N) is 3. The second kappa shape index (κ2) is 14.5. The van der Waals surface area contributed by atoms with Gasteiger partial charge in [0.15, 0.2) is 6.17 Å². The van der Waals surface area contributed by atoms with Gasteiger partial charge in [0.25, 0.3) is 0 Å². The lowest BCUT2D eigenvalue weighted by Gasteiger charge is -2.24. The van der Waals surface area contributed by atoms with Crippen molar-refractivity contribution in [2.75, 3.05) is 12.9 Å². The molecular weight excluding hydrogens is 404 g/mol. The lowest BCUT2D eigenvalue weighted by molar-refractivity contribution is 0.309. The van der Waals surface area contributed by atoms with E-state index in [0.717, 1.165) is 28.7 Å². The molecule has 0 aliphatic carbocycles. The summed E-state index contributed by atoms with van der Waals surface area (Å²) in [5.41, 5.74) is 8.36. The first-order valence-corrected chi connectivity index (χ1v) is 12.1. The van der Waals surface area contributed by atoms with Crippen LogP contribution in [0.3, 0.4) is 0 Å². The number of rotatable bonds is 3. The number of benzene rings is 2. The number of amidine groups is 1. The number of nitrogens with one attached hydrogen (secondary N) is 1. The number of hydrogen-bond donors (Lipinski definition) is 1. The summed E-state index contributed by atoms with van der Waals surface area (Å²) in [4.78, 5) is 0. The molecular formula is C25H38N4OS. The van der Waals surface area contributed by atoms with E-state index >= 15 is 0 Å². The minimum absolute atomic E-state index is 0.0785. The van der Waals surface area contributed by atoms with Gasteiger partial charge < -0.3 is 4.74 Å². The van der Waals surface area contributed by atoms with Crippen LogP contribution in [0.25, 0.3) is 0 Å². The first-order valence-electron chi connectivity index (χ1n) is 11.1. The molecule has 5 nitrogen and oxygen atoms in total. The zero-order valence-corrected chi connectivity index (χ0v) is 21.1. The summed E-state index contributed by atoms with van der Waals surface area (Å²) in [6.45, 7) is 14.5. The third-order valence-electron chi connectivity index (χ3n) is 4.53. The van der Waals surface area contributed by atoms with Crippen LogP contribution >= 0.6 is 11.8 Å². The Morgan fingerprint density at radius 3 is 2.45 bits per heavy atom. The molecule has 0 saturated heterocycles. The first kappa shape index (κ1) is 26.6. The van der Waals surface area contributed by atoms with Crippen LogP contribution in [0.1, 0.15) is 63.0 Å². The van der Waals surface area contributed by atoms with Crippen molar-refractivity contribution in [3.63, 3.8) is 0 Å². The van der Waals surface area contributed by atoms with E-state index in [1.54, 1.807) is 18.9 Å². The monoisotopic (exact) mass is 442 g/mol. The fourth-order valence-corrected chi connectivity index (χ4v) is 3.81. The SMILES string of the molecule is CC.CC.CCc1ccc(C)cc1C.COc1ccccc1C1NN=C2SCC=NN21. The number of hydrazone groups is 2. The van der Waals surface area contributed by atoms with Gasteiger partial charge in [-0.25, -0.2) is 5.01 Å². The standard InChI is InChI=1S/C11H12N4OS.C10H14.2C2H6/c1-16-9-5-3-2-4-8(9)10-13-14-11-15(10)12-6-7-17-11;1-4-10-6-5-8(2)7-9(10)3;2*1-2/h2-6,10,13H,7H2,1H3;5-7H,4H2,1-3H3;2*1-2H3. The molecule has 0 aromatic heterocycles. The molecule has 2 aromatic rings. The average Bonchev–Trinajstić information content (AvgIpc) is 3.26. The van der Waals surface area contributed by atoms with E-state index in [4.69, 9.17) is 4.74 Å². The molecule has 2 aliphatic rings. The van der Waals surface area contributed by atoms with E-state index in [2.05, 4.69) is 54.6 Å². The molecule has 2 heterocycles. The molecule has 0 saturated carbocycles. The highest BCUT2D eigenvalue weighted by atomic mass is 32.2. The van der Waals surface area contributed by atoms with Crippen molar-refractivity contribution in [2.45, 2.75) is 61.1 Å². The van der Waals surface area contributed by atoms with Gasteiger partial charge in [0.1, 0.15) is 5.75 Å². The van der Waals surface area contributed by atoms with Crippen molar-refractivity contribution >= 4 is 23.1 Å². The lowest BCUT2D eigenvalue weighted by atomic mass is 10.0. The topological polar surface area (TPSA) is 49.2 Å². The predicted molar refractivity (Wildman–Crippen MR) is 137 cm³/mol. The highest BCUT2D eigenvalue weighted by molar-refractivity contribution is 8.14. The highest BCUT2D eigenvalue weighted by Gasteiger charge is 2.32. The van der Waals surface area contributed by atoms with Gasteiger partial charge in [-0.1, -0.05) is 88.3 Å².